The van der Waals surface area contributed by atoms with E-state index >= 15 is 0 Å². The van der Waals surface area contributed by atoms with Crippen molar-refractivity contribution in [2.24, 2.45) is 5.41 Å². The molecule has 26 heavy (non-hydrogen) atoms. The van der Waals surface area contributed by atoms with E-state index in [0.717, 1.165) is 6.07 Å². The van der Waals surface area contributed by atoms with E-state index in [9.17, 15) is 8.78 Å². The fourth-order valence-corrected chi connectivity index (χ4v) is 3.16. The van der Waals surface area contributed by atoms with Gasteiger partial charge in [-0.25, -0.2) is 18.7 Å². The number of hydrogen-bond donors (Lipinski definition) is 0. The molecule has 0 spiro atoms. The zero-order valence-corrected chi connectivity index (χ0v) is 14.4. The van der Waals surface area contributed by atoms with E-state index in [0.29, 0.717) is 18.7 Å². The van der Waals surface area contributed by atoms with E-state index in [-0.39, 0.29) is 7.43 Å². The molecule has 3 rings (SSSR count). The van der Waals surface area contributed by atoms with Crippen LogP contribution >= 0.6 is 0 Å². The van der Waals surface area contributed by atoms with Crippen LogP contribution in [0.2, 0.25) is 0 Å². The molecule has 0 N–H and O–H groups in total. The fourth-order valence-electron chi connectivity index (χ4n) is 3.16. The molecular formula is C18H24F2N6. The van der Waals surface area contributed by atoms with Crippen LogP contribution in [-0.4, -0.2) is 29.5 Å². The Hall–Kier alpha value is -2.64. The zero-order valence-electron chi connectivity index (χ0n) is 14.4. The monoisotopic (exact) mass is 362 g/mol. The van der Waals surface area contributed by atoms with Gasteiger partial charge in [-0.15, -0.1) is 0 Å². The van der Waals surface area contributed by atoms with Crippen LogP contribution in [0, 0.1) is 17.0 Å². The maximum absolute atomic E-state index is 14.8. The van der Waals surface area contributed by atoms with E-state index in [1.54, 1.807) is 22.0 Å². The Kier molecular flexibility index (Phi) is 5.53. The molecule has 0 aliphatic carbocycles. The molecule has 0 amide bonds. The summed E-state index contributed by atoms with van der Waals surface area (Å²) >= 11 is 0. The Morgan fingerprint density at radius 2 is 1.46 bits per heavy atom. The molecule has 0 saturated carbocycles. The minimum Gasteiger partial charge on any atom is -0.252 e. The SMILES string of the molecule is C.CC(C)(C)C(Cn1cncn1)(Cn1cncn1)c1ccc(F)cc1F. The van der Waals surface area contributed by atoms with E-state index in [4.69, 9.17) is 0 Å². The largest absolute Gasteiger partial charge is 0.252 e. The number of halogens is 2. The lowest BCUT2D eigenvalue weighted by Crippen LogP contribution is -2.48. The van der Waals surface area contributed by atoms with Crippen LogP contribution in [0.15, 0.2) is 43.5 Å². The van der Waals surface area contributed by atoms with Gasteiger partial charge in [0.25, 0.3) is 0 Å². The van der Waals surface area contributed by atoms with E-state index < -0.39 is 22.5 Å². The van der Waals surface area contributed by atoms with Crippen LogP contribution in [0.5, 0.6) is 0 Å². The average Bonchev–Trinajstić information content (AvgIpc) is 3.19. The Morgan fingerprint density at radius 3 is 1.85 bits per heavy atom. The zero-order chi connectivity index (χ0) is 18.1. The standard InChI is InChI=1S/C17H20F2N6.CH4/c1-16(2,3)17(7-24-11-20-9-22-24,8-25-12-21-10-23-25)14-5-4-13(18)6-15(14)19;/h4-6,9-12H,7-8H2,1-3H3;1H4. The van der Waals surface area contributed by atoms with Gasteiger partial charge < -0.3 is 0 Å². The minimum atomic E-state index is -0.758. The smallest absolute Gasteiger partial charge is 0.137 e. The average molecular weight is 362 g/mol. The molecule has 0 saturated heterocycles. The third-order valence-electron chi connectivity index (χ3n) is 4.68. The van der Waals surface area contributed by atoms with Crippen molar-refractivity contribution in [3.8, 4) is 0 Å². The fraction of sp³-hybridized carbons (Fsp3) is 0.444. The summed E-state index contributed by atoms with van der Waals surface area (Å²) in [5.74, 6) is -1.19. The Balaban J connectivity index is 0.00000243. The summed E-state index contributed by atoms with van der Waals surface area (Å²) in [5.41, 5.74) is -0.747. The molecular weight excluding hydrogens is 338 g/mol. The van der Waals surface area contributed by atoms with Crippen molar-refractivity contribution in [3.05, 3.63) is 60.7 Å². The number of hydrogen-bond acceptors (Lipinski definition) is 4. The second-order valence-corrected chi connectivity index (χ2v) is 7.14. The van der Waals surface area contributed by atoms with Crippen molar-refractivity contribution >= 4 is 0 Å². The molecule has 0 unspecified atom stereocenters. The van der Waals surface area contributed by atoms with Crippen LogP contribution in [0.1, 0.15) is 33.8 Å². The quantitative estimate of drug-likeness (QED) is 0.697. The van der Waals surface area contributed by atoms with Crippen molar-refractivity contribution in [1.29, 1.82) is 0 Å². The number of nitrogens with zero attached hydrogens (tertiary/aromatic N) is 6. The maximum atomic E-state index is 14.8. The summed E-state index contributed by atoms with van der Waals surface area (Å²) in [6, 6.07) is 3.70. The van der Waals surface area contributed by atoms with E-state index in [1.165, 1.54) is 24.8 Å². The van der Waals surface area contributed by atoms with Crippen LogP contribution in [-0.2, 0) is 18.5 Å². The molecule has 0 bridgehead atoms. The van der Waals surface area contributed by atoms with Gasteiger partial charge in [-0.1, -0.05) is 34.3 Å². The van der Waals surface area contributed by atoms with Gasteiger partial charge >= 0.3 is 0 Å². The van der Waals surface area contributed by atoms with Crippen LogP contribution in [0.25, 0.3) is 0 Å². The summed E-state index contributed by atoms with van der Waals surface area (Å²) in [4.78, 5) is 7.96. The van der Waals surface area contributed by atoms with Gasteiger partial charge in [-0.05, 0) is 17.0 Å². The first kappa shape index (κ1) is 19.7. The second kappa shape index (κ2) is 7.31. The molecule has 140 valence electrons. The lowest BCUT2D eigenvalue weighted by molar-refractivity contribution is 0.116. The van der Waals surface area contributed by atoms with Gasteiger partial charge in [0.1, 0.15) is 36.9 Å². The van der Waals surface area contributed by atoms with E-state index in [1.807, 2.05) is 20.8 Å². The summed E-state index contributed by atoms with van der Waals surface area (Å²) in [5, 5.41) is 8.36. The second-order valence-electron chi connectivity index (χ2n) is 7.14. The minimum absolute atomic E-state index is 0. The van der Waals surface area contributed by atoms with Crippen molar-refractivity contribution in [2.75, 3.05) is 0 Å². The van der Waals surface area contributed by atoms with Gasteiger partial charge in [-0.3, -0.25) is 9.36 Å². The topological polar surface area (TPSA) is 61.4 Å². The molecule has 2 aromatic heterocycles. The molecule has 8 heteroatoms. The first-order chi connectivity index (χ1) is 11.8. The Bertz CT molecular complexity index is 786. The first-order valence-electron chi connectivity index (χ1n) is 7.92. The third kappa shape index (κ3) is 3.63. The Labute approximate surface area is 151 Å². The highest BCUT2D eigenvalue weighted by Crippen LogP contribution is 2.45. The molecule has 6 nitrogen and oxygen atoms in total. The van der Waals surface area contributed by atoms with Gasteiger partial charge in [0.05, 0.1) is 13.1 Å². The normalized spacial score (nSPS) is 12.0. The molecule has 0 aliphatic rings. The molecule has 0 radical (unpaired) electrons. The van der Waals surface area contributed by atoms with Gasteiger partial charge in [0, 0.05) is 11.5 Å². The number of aromatic nitrogens is 6. The highest BCUT2D eigenvalue weighted by atomic mass is 19.1. The van der Waals surface area contributed by atoms with Gasteiger partial charge in [-0.2, -0.15) is 10.2 Å². The van der Waals surface area contributed by atoms with Crippen molar-refractivity contribution in [2.45, 2.75) is 46.7 Å². The Morgan fingerprint density at radius 1 is 0.923 bits per heavy atom. The van der Waals surface area contributed by atoms with Gasteiger partial charge in [0.15, 0.2) is 0 Å². The summed E-state index contributed by atoms with van der Waals surface area (Å²) < 4.78 is 31.6. The van der Waals surface area contributed by atoms with Crippen LogP contribution in [0.4, 0.5) is 8.78 Å². The predicted molar refractivity (Wildman–Crippen MR) is 94.3 cm³/mol. The summed E-state index contributed by atoms with van der Waals surface area (Å²) in [7, 11) is 0. The molecule has 0 atom stereocenters. The van der Waals surface area contributed by atoms with Crippen molar-refractivity contribution in [1.82, 2.24) is 29.5 Å². The first-order valence-corrected chi connectivity index (χ1v) is 7.92. The summed E-state index contributed by atoms with van der Waals surface area (Å²) in [6.07, 6.45) is 6.04. The van der Waals surface area contributed by atoms with Crippen molar-refractivity contribution in [3.63, 3.8) is 0 Å². The predicted octanol–water partition coefficient (Wildman–Crippen LogP) is 3.47. The molecule has 1 aromatic carbocycles. The van der Waals surface area contributed by atoms with Crippen LogP contribution in [0.3, 0.4) is 0 Å². The lowest BCUT2D eigenvalue weighted by atomic mass is 9.62. The third-order valence-corrected chi connectivity index (χ3v) is 4.68. The lowest BCUT2D eigenvalue weighted by Gasteiger charge is -2.45. The molecule has 3 aromatic rings. The number of rotatable bonds is 5. The maximum Gasteiger partial charge on any atom is 0.137 e. The molecule has 2 heterocycles. The number of benzene rings is 1. The van der Waals surface area contributed by atoms with Crippen molar-refractivity contribution < 1.29 is 8.78 Å². The van der Waals surface area contributed by atoms with Gasteiger partial charge in [0.2, 0.25) is 0 Å². The highest BCUT2D eigenvalue weighted by Gasteiger charge is 2.46. The molecule has 0 fully saturated rings. The van der Waals surface area contributed by atoms with Crippen LogP contribution < -0.4 is 0 Å². The molecule has 0 aliphatic heterocycles. The van der Waals surface area contributed by atoms with E-state index in [2.05, 4.69) is 20.2 Å². The highest BCUT2D eigenvalue weighted by molar-refractivity contribution is 5.30. The summed E-state index contributed by atoms with van der Waals surface area (Å²) in [6.45, 7) is 6.77.